The van der Waals surface area contributed by atoms with Crippen molar-refractivity contribution in [3.05, 3.63) is 69.7 Å². The van der Waals surface area contributed by atoms with Gasteiger partial charge in [-0.1, -0.05) is 18.2 Å². The van der Waals surface area contributed by atoms with Gasteiger partial charge in [0.05, 0.1) is 16.5 Å². The van der Waals surface area contributed by atoms with E-state index in [0.717, 1.165) is 0 Å². The van der Waals surface area contributed by atoms with Crippen molar-refractivity contribution >= 4 is 11.5 Å². The fourth-order valence-corrected chi connectivity index (χ4v) is 2.10. The molecule has 0 N–H and O–H groups in total. The molecular formula is C14H5F4NO. The van der Waals surface area contributed by atoms with Gasteiger partial charge >= 0.3 is 0 Å². The number of benzene rings is 2. The second kappa shape index (κ2) is 4.26. The summed E-state index contributed by atoms with van der Waals surface area (Å²) in [4.78, 5) is 15.4. The lowest BCUT2D eigenvalue weighted by atomic mass is 10.0. The predicted molar refractivity (Wildman–Crippen MR) is 61.0 cm³/mol. The maximum absolute atomic E-state index is 13.8. The molecule has 1 amide bonds. The smallest absolute Gasteiger partial charge is 0.267 e. The number of hydrogen-bond acceptors (Lipinski definition) is 1. The summed E-state index contributed by atoms with van der Waals surface area (Å²) in [6, 6.07) is 6.07. The van der Waals surface area contributed by atoms with Gasteiger partial charge in [0.1, 0.15) is 0 Å². The molecule has 0 radical (unpaired) electrons. The Kier molecular flexibility index (Phi) is 2.67. The van der Waals surface area contributed by atoms with Crippen LogP contribution in [-0.2, 0) is 4.79 Å². The lowest BCUT2D eigenvalue weighted by Gasteiger charge is -2.06. The average molecular weight is 279 g/mol. The molecule has 0 saturated carbocycles. The van der Waals surface area contributed by atoms with Gasteiger partial charge in [0.15, 0.2) is 23.3 Å². The van der Waals surface area contributed by atoms with E-state index in [4.69, 9.17) is 0 Å². The lowest BCUT2D eigenvalue weighted by molar-refractivity contribution is -0.112. The Bertz CT molecular complexity index is 847. The van der Waals surface area contributed by atoms with Crippen LogP contribution < -0.4 is 10.6 Å². The van der Waals surface area contributed by atoms with Gasteiger partial charge in [-0.15, -0.1) is 0 Å². The molecule has 1 aliphatic rings. The van der Waals surface area contributed by atoms with Crippen LogP contribution in [0.15, 0.2) is 35.3 Å². The summed E-state index contributed by atoms with van der Waals surface area (Å²) >= 11 is 0. The van der Waals surface area contributed by atoms with Crippen LogP contribution in [0.1, 0.15) is 5.56 Å². The van der Waals surface area contributed by atoms with Gasteiger partial charge in [0.25, 0.3) is 5.91 Å². The maximum atomic E-state index is 13.8. The number of halogens is 4. The van der Waals surface area contributed by atoms with Crippen molar-refractivity contribution in [3.63, 3.8) is 0 Å². The van der Waals surface area contributed by atoms with Crippen molar-refractivity contribution in [1.29, 1.82) is 0 Å². The topological polar surface area (TPSA) is 29.4 Å². The highest BCUT2D eigenvalue weighted by atomic mass is 19.2. The molecule has 2 nitrogen and oxygen atoms in total. The minimum atomic E-state index is -1.61. The first-order valence-electron chi connectivity index (χ1n) is 5.56. The van der Waals surface area contributed by atoms with Gasteiger partial charge in [0.2, 0.25) is 0 Å². The maximum Gasteiger partial charge on any atom is 0.279 e. The van der Waals surface area contributed by atoms with Gasteiger partial charge in [-0.05, 0) is 6.07 Å². The first-order chi connectivity index (χ1) is 9.50. The molecule has 0 aliphatic carbocycles. The normalized spacial score (nSPS) is 13.4. The summed E-state index contributed by atoms with van der Waals surface area (Å²) in [5.74, 6) is -7.29. The van der Waals surface area contributed by atoms with E-state index in [0.29, 0.717) is 0 Å². The molecule has 0 fully saturated rings. The SMILES string of the molecule is O=C1N=c2ccccc2=C1c1c(F)c(F)cc(F)c1F. The average Bonchev–Trinajstić information content (AvgIpc) is 2.74. The summed E-state index contributed by atoms with van der Waals surface area (Å²) in [6.07, 6.45) is 0. The number of carbonyl (C=O) groups is 1. The second-order valence-corrected chi connectivity index (χ2v) is 4.15. The molecule has 20 heavy (non-hydrogen) atoms. The Balaban J connectivity index is 2.48. The third-order valence-electron chi connectivity index (χ3n) is 2.97. The number of rotatable bonds is 1. The Hall–Kier alpha value is -2.50. The van der Waals surface area contributed by atoms with E-state index in [2.05, 4.69) is 4.99 Å². The molecule has 0 spiro atoms. The molecule has 3 rings (SSSR count). The molecule has 2 aromatic rings. The number of para-hydroxylation sites is 1. The van der Waals surface area contributed by atoms with Crippen LogP contribution in [0.4, 0.5) is 17.6 Å². The summed E-state index contributed by atoms with van der Waals surface area (Å²) in [5, 5.41) is 0.344. The Morgan fingerprint density at radius 1 is 0.900 bits per heavy atom. The monoisotopic (exact) mass is 279 g/mol. The number of nitrogens with zero attached hydrogens (tertiary/aromatic N) is 1. The van der Waals surface area contributed by atoms with E-state index in [-0.39, 0.29) is 16.6 Å². The highest BCUT2D eigenvalue weighted by molar-refractivity contribution is 6.21. The lowest BCUT2D eigenvalue weighted by Crippen LogP contribution is -2.23. The summed E-state index contributed by atoms with van der Waals surface area (Å²) < 4.78 is 54.0. The molecule has 0 bridgehead atoms. The molecule has 0 saturated heterocycles. The van der Waals surface area contributed by atoms with E-state index >= 15 is 0 Å². The first kappa shape index (κ1) is 12.5. The van der Waals surface area contributed by atoms with Gasteiger partial charge < -0.3 is 0 Å². The van der Waals surface area contributed by atoms with Crippen LogP contribution in [0.2, 0.25) is 0 Å². The summed E-state index contributed by atoms with van der Waals surface area (Å²) in [6.45, 7) is 0. The molecule has 2 aromatic carbocycles. The van der Waals surface area contributed by atoms with E-state index < -0.39 is 40.3 Å². The number of hydrogen-bond donors (Lipinski definition) is 0. The Morgan fingerprint density at radius 3 is 2.15 bits per heavy atom. The van der Waals surface area contributed by atoms with Crippen molar-refractivity contribution in [2.24, 2.45) is 4.99 Å². The summed E-state index contributed by atoms with van der Waals surface area (Å²) in [5.41, 5.74) is -1.50. The zero-order valence-corrected chi connectivity index (χ0v) is 9.75. The van der Waals surface area contributed by atoms with E-state index in [1.165, 1.54) is 18.2 Å². The van der Waals surface area contributed by atoms with Crippen molar-refractivity contribution in [3.8, 4) is 0 Å². The molecule has 0 unspecified atom stereocenters. The number of carbonyl (C=O) groups excluding carboxylic acids is 1. The molecule has 6 heteroatoms. The standard InChI is InChI=1S/C14H5F4NO/c15-7-5-8(16)13(18)11(12(7)17)10-6-3-1-2-4-9(6)19-14(10)20/h1-5H. The van der Waals surface area contributed by atoms with E-state index in [9.17, 15) is 22.4 Å². The highest BCUT2D eigenvalue weighted by Gasteiger charge is 2.28. The number of fused-ring (bicyclic) bond motifs is 1. The van der Waals surface area contributed by atoms with Crippen LogP contribution in [0.3, 0.4) is 0 Å². The predicted octanol–water partition coefficient (Wildman–Crippen LogP) is 1.60. The van der Waals surface area contributed by atoms with Crippen LogP contribution in [0.5, 0.6) is 0 Å². The van der Waals surface area contributed by atoms with Gasteiger partial charge in [-0.3, -0.25) is 4.79 Å². The minimum Gasteiger partial charge on any atom is -0.267 e. The molecular weight excluding hydrogens is 274 g/mol. The van der Waals surface area contributed by atoms with Crippen LogP contribution >= 0.6 is 0 Å². The second-order valence-electron chi connectivity index (χ2n) is 4.15. The first-order valence-corrected chi connectivity index (χ1v) is 5.56. The molecule has 1 heterocycles. The Labute approximate surface area is 109 Å². The van der Waals surface area contributed by atoms with Crippen molar-refractivity contribution < 1.29 is 22.4 Å². The van der Waals surface area contributed by atoms with Crippen molar-refractivity contribution in [2.45, 2.75) is 0 Å². The van der Waals surface area contributed by atoms with Gasteiger partial charge in [-0.2, -0.15) is 0 Å². The molecule has 1 aliphatic heterocycles. The van der Waals surface area contributed by atoms with Gasteiger partial charge in [0, 0.05) is 11.3 Å². The largest absolute Gasteiger partial charge is 0.279 e. The van der Waals surface area contributed by atoms with Crippen LogP contribution in [0, 0.1) is 23.3 Å². The van der Waals surface area contributed by atoms with Crippen molar-refractivity contribution in [2.75, 3.05) is 0 Å². The van der Waals surface area contributed by atoms with E-state index in [1.54, 1.807) is 6.07 Å². The fraction of sp³-hybridized carbons (Fsp3) is 0. The number of amides is 1. The highest BCUT2D eigenvalue weighted by Crippen LogP contribution is 2.26. The zero-order valence-electron chi connectivity index (χ0n) is 9.75. The van der Waals surface area contributed by atoms with Crippen molar-refractivity contribution in [1.82, 2.24) is 0 Å². The van der Waals surface area contributed by atoms with Crippen LogP contribution in [-0.4, -0.2) is 5.91 Å². The zero-order chi connectivity index (χ0) is 14.4. The Morgan fingerprint density at radius 2 is 1.50 bits per heavy atom. The molecule has 100 valence electrons. The minimum absolute atomic E-state index is 0.0944. The van der Waals surface area contributed by atoms with Gasteiger partial charge in [-0.25, -0.2) is 22.6 Å². The van der Waals surface area contributed by atoms with Crippen LogP contribution in [0.25, 0.3) is 5.57 Å². The third-order valence-corrected chi connectivity index (χ3v) is 2.97. The van der Waals surface area contributed by atoms with E-state index in [1.807, 2.05) is 0 Å². The molecule has 0 atom stereocenters. The summed E-state index contributed by atoms with van der Waals surface area (Å²) in [7, 11) is 0. The molecule has 0 aromatic heterocycles. The fourth-order valence-electron chi connectivity index (χ4n) is 2.10. The quantitative estimate of drug-likeness (QED) is 0.576. The third kappa shape index (κ3) is 1.65.